The molecule has 0 saturated heterocycles. The first-order chi connectivity index (χ1) is 8.26. The molecule has 1 aliphatic heterocycles. The van der Waals surface area contributed by atoms with Crippen molar-refractivity contribution in [2.24, 2.45) is 5.73 Å². The molecule has 0 aliphatic carbocycles. The second-order valence-electron chi connectivity index (χ2n) is 4.02. The number of carbonyl (C=O) groups excluding carboxylic acids is 1. The number of carbonyl (C=O) groups is 1. The molecule has 2 rings (SSSR count). The van der Waals surface area contributed by atoms with Crippen LogP contribution in [0.4, 0.5) is 5.82 Å². The van der Waals surface area contributed by atoms with Crippen molar-refractivity contribution in [2.45, 2.75) is 18.9 Å². The predicted octanol–water partition coefficient (Wildman–Crippen LogP) is 0.587. The molecule has 1 atom stereocenters. The third-order valence-electron chi connectivity index (χ3n) is 2.82. The van der Waals surface area contributed by atoms with E-state index < -0.39 is 6.04 Å². The molecule has 90 valence electrons. The van der Waals surface area contributed by atoms with Crippen LogP contribution in [0.2, 0.25) is 0 Å². The van der Waals surface area contributed by atoms with E-state index in [1.165, 1.54) is 0 Å². The number of nitrogens with two attached hydrogens (primary N) is 2. The number of fused-ring (bicyclic) bond motifs is 1. The van der Waals surface area contributed by atoms with Crippen molar-refractivity contribution in [1.82, 2.24) is 10.3 Å². The van der Waals surface area contributed by atoms with Gasteiger partial charge in [0.25, 0.3) is 0 Å². The molecule has 0 aromatic carbocycles. The maximum atomic E-state index is 11.1. The number of nitrogen functional groups attached to an aromatic ring is 1. The molecular formula is C12H16N4O. The topological polar surface area (TPSA) is 94.0 Å². The summed E-state index contributed by atoms with van der Waals surface area (Å²) >= 11 is 0. The number of hydrogen-bond donors (Lipinski definition) is 3. The van der Waals surface area contributed by atoms with E-state index >= 15 is 0 Å². The van der Waals surface area contributed by atoms with E-state index in [1.54, 1.807) is 6.20 Å². The fourth-order valence-electron chi connectivity index (χ4n) is 2.01. The van der Waals surface area contributed by atoms with Gasteiger partial charge in [-0.25, -0.2) is 4.98 Å². The Hall–Kier alpha value is -1.88. The predicted molar refractivity (Wildman–Crippen MR) is 66.9 cm³/mol. The lowest BCUT2D eigenvalue weighted by Gasteiger charge is -2.25. The van der Waals surface area contributed by atoms with E-state index in [4.69, 9.17) is 11.5 Å². The van der Waals surface area contributed by atoms with E-state index in [0.717, 1.165) is 36.0 Å². The van der Waals surface area contributed by atoms with Gasteiger partial charge in [-0.05, 0) is 37.1 Å². The zero-order valence-corrected chi connectivity index (χ0v) is 9.52. The first-order valence-electron chi connectivity index (χ1n) is 5.63. The molecule has 17 heavy (non-hydrogen) atoms. The van der Waals surface area contributed by atoms with E-state index in [-0.39, 0.29) is 0 Å². The summed E-state index contributed by atoms with van der Waals surface area (Å²) in [4.78, 5) is 15.1. The van der Waals surface area contributed by atoms with Crippen LogP contribution < -0.4 is 16.8 Å². The van der Waals surface area contributed by atoms with E-state index in [1.807, 2.05) is 12.1 Å². The van der Waals surface area contributed by atoms with Gasteiger partial charge >= 0.3 is 0 Å². The highest BCUT2D eigenvalue weighted by atomic mass is 16.1. The molecule has 1 aromatic rings. The second-order valence-corrected chi connectivity index (χ2v) is 4.02. The Balaban J connectivity index is 2.36. The first-order valence-corrected chi connectivity index (χ1v) is 5.63. The molecule has 5 heteroatoms. The normalized spacial score (nSPS) is 17.9. The van der Waals surface area contributed by atoms with Crippen LogP contribution in [-0.4, -0.2) is 17.8 Å². The van der Waals surface area contributed by atoms with Crippen molar-refractivity contribution in [3.8, 4) is 0 Å². The minimum absolute atomic E-state index is 0.404. The van der Waals surface area contributed by atoms with Gasteiger partial charge in [-0.1, -0.05) is 0 Å². The maximum Gasteiger partial charge on any atom is 0.146 e. The molecule has 0 radical (unpaired) electrons. The van der Waals surface area contributed by atoms with Crippen LogP contribution in [-0.2, 0) is 4.79 Å². The van der Waals surface area contributed by atoms with Crippen molar-refractivity contribution in [2.75, 3.05) is 12.3 Å². The number of anilines is 1. The summed E-state index contributed by atoms with van der Waals surface area (Å²) in [5, 5.41) is 3.15. The number of nitrogens with zero attached hydrogens (tertiary/aromatic N) is 1. The quantitative estimate of drug-likeness (QED) is 0.660. The minimum atomic E-state index is -0.406. The molecule has 1 unspecified atom stereocenters. The van der Waals surface area contributed by atoms with Crippen LogP contribution in [0.5, 0.6) is 0 Å². The Morgan fingerprint density at radius 3 is 3.06 bits per heavy atom. The molecule has 0 fully saturated rings. The van der Waals surface area contributed by atoms with Crippen molar-refractivity contribution in [3.63, 3.8) is 0 Å². The summed E-state index contributed by atoms with van der Waals surface area (Å²) in [6, 6.07) is 1.46. The van der Waals surface area contributed by atoms with Crippen molar-refractivity contribution in [1.29, 1.82) is 0 Å². The number of aromatic nitrogens is 1. The minimum Gasteiger partial charge on any atom is -0.383 e. The van der Waals surface area contributed by atoms with Gasteiger partial charge in [-0.15, -0.1) is 0 Å². The van der Waals surface area contributed by atoms with E-state index in [2.05, 4.69) is 10.3 Å². The highest BCUT2D eigenvalue weighted by Gasteiger charge is 2.22. The van der Waals surface area contributed by atoms with Crippen LogP contribution in [0.3, 0.4) is 0 Å². The monoisotopic (exact) mass is 232 g/mol. The molecule has 0 saturated carbocycles. The summed E-state index contributed by atoms with van der Waals surface area (Å²) in [5.41, 5.74) is 14.0. The molecule has 1 aromatic heterocycles. The van der Waals surface area contributed by atoms with Crippen LogP contribution in [0.25, 0.3) is 6.08 Å². The van der Waals surface area contributed by atoms with Crippen LogP contribution in [0.15, 0.2) is 18.0 Å². The largest absolute Gasteiger partial charge is 0.383 e. The fourth-order valence-corrected chi connectivity index (χ4v) is 2.01. The van der Waals surface area contributed by atoms with Crippen LogP contribution >= 0.6 is 0 Å². The highest BCUT2D eigenvalue weighted by Crippen LogP contribution is 2.29. The number of nitrogens with one attached hydrogen (secondary N) is 1. The molecule has 0 bridgehead atoms. The molecule has 2 heterocycles. The lowest BCUT2D eigenvalue weighted by Crippen LogP contribution is -2.27. The van der Waals surface area contributed by atoms with E-state index in [9.17, 15) is 4.79 Å². The number of rotatable bonds is 4. The van der Waals surface area contributed by atoms with E-state index in [0.29, 0.717) is 12.4 Å². The third kappa shape index (κ3) is 2.29. The molecule has 1 aliphatic rings. The van der Waals surface area contributed by atoms with Crippen LogP contribution in [0, 0.1) is 0 Å². The summed E-state index contributed by atoms with van der Waals surface area (Å²) < 4.78 is 0. The molecule has 0 spiro atoms. The smallest absolute Gasteiger partial charge is 0.146 e. The highest BCUT2D eigenvalue weighted by molar-refractivity contribution is 5.75. The zero-order valence-electron chi connectivity index (χ0n) is 9.52. The third-order valence-corrected chi connectivity index (χ3v) is 2.82. The maximum absolute atomic E-state index is 11.1. The van der Waals surface area contributed by atoms with Gasteiger partial charge in [-0.2, -0.15) is 0 Å². The summed E-state index contributed by atoms with van der Waals surface area (Å²) in [5.74, 6) is 0.404. The Bertz CT molecular complexity index is 456. The standard InChI is InChI=1S/C12H16N4O/c13-4-1-2-9-6-8-3-5-15-12(14)11(8)10(7-17)16-9/h3,5-7,10,16H,1-2,4,13H2,(H2,14,15). The van der Waals surface area contributed by atoms with Gasteiger partial charge < -0.3 is 21.6 Å². The van der Waals surface area contributed by atoms with Gasteiger partial charge in [0.1, 0.15) is 18.1 Å². The average molecular weight is 232 g/mol. The number of hydrogen-bond acceptors (Lipinski definition) is 5. The van der Waals surface area contributed by atoms with Gasteiger partial charge in [-0.3, -0.25) is 0 Å². The summed E-state index contributed by atoms with van der Waals surface area (Å²) in [6.45, 7) is 0.635. The Labute approximate surface area is 99.9 Å². The SMILES string of the molecule is NCCCC1=Cc2ccnc(N)c2C(C=O)N1. The van der Waals surface area contributed by atoms with Gasteiger partial charge in [0.2, 0.25) is 0 Å². The first kappa shape index (κ1) is 11.6. The number of pyridine rings is 1. The summed E-state index contributed by atoms with van der Waals surface area (Å²) in [7, 11) is 0. The van der Waals surface area contributed by atoms with Crippen molar-refractivity contribution in [3.05, 3.63) is 29.1 Å². The zero-order chi connectivity index (χ0) is 12.3. The van der Waals surface area contributed by atoms with Crippen LogP contribution in [0.1, 0.15) is 30.0 Å². The lowest BCUT2D eigenvalue weighted by molar-refractivity contribution is -0.109. The molecular weight excluding hydrogens is 216 g/mol. The van der Waals surface area contributed by atoms with Gasteiger partial charge in [0.05, 0.1) is 0 Å². The fraction of sp³-hybridized carbons (Fsp3) is 0.333. The Morgan fingerprint density at radius 1 is 1.53 bits per heavy atom. The summed E-state index contributed by atoms with van der Waals surface area (Å²) in [6.07, 6.45) is 6.23. The molecule has 0 amide bonds. The van der Waals surface area contributed by atoms with Crippen molar-refractivity contribution < 1.29 is 4.79 Å². The Morgan fingerprint density at radius 2 is 2.35 bits per heavy atom. The molecule has 5 nitrogen and oxygen atoms in total. The lowest BCUT2D eigenvalue weighted by atomic mass is 9.96. The van der Waals surface area contributed by atoms with Gasteiger partial charge in [0, 0.05) is 17.5 Å². The Kier molecular flexibility index (Phi) is 3.39. The van der Waals surface area contributed by atoms with Gasteiger partial charge in [0.15, 0.2) is 0 Å². The average Bonchev–Trinajstić information content (AvgIpc) is 2.35. The number of allylic oxidation sites excluding steroid dienone is 1. The van der Waals surface area contributed by atoms with Crippen molar-refractivity contribution >= 4 is 18.2 Å². The second kappa shape index (κ2) is 4.97. The number of aldehydes is 1. The molecule has 5 N–H and O–H groups in total.